The molecule has 2 aliphatic rings. The molecule has 1 N–H and O–H groups in total. The number of sulfonamides is 1. The van der Waals surface area contributed by atoms with Crippen molar-refractivity contribution in [3.05, 3.63) is 70.7 Å². The molecule has 1 amide bonds. The zero-order valence-electron chi connectivity index (χ0n) is 17.7. The number of aromatic nitrogens is 1. The van der Waals surface area contributed by atoms with Crippen molar-refractivity contribution in [3.63, 3.8) is 0 Å². The highest BCUT2D eigenvalue weighted by Crippen LogP contribution is 2.33. The number of hydrogen-bond acceptors (Lipinski definition) is 6. The minimum absolute atomic E-state index is 0.0678. The summed E-state index contributed by atoms with van der Waals surface area (Å²) in [6.45, 7) is 2.33. The van der Waals surface area contributed by atoms with Gasteiger partial charge in [-0.05, 0) is 67.3 Å². The van der Waals surface area contributed by atoms with E-state index in [0.29, 0.717) is 23.3 Å². The Morgan fingerprint density at radius 1 is 1.09 bits per heavy atom. The Morgan fingerprint density at radius 3 is 2.64 bits per heavy atom. The van der Waals surface area contributed by atoms with Crippen LogP contribution in [0, 0.1) is 0 Å². The van der Waals surface area contributed by atoms with Crippen LogP contribution in [0.15, 0.2) is 65.0 Å². The lowest BCUT2D eigenvalue weighted by atomic mass is 9.99. The number of likely N-dealkylation sites (tertiary alicyclic amines) is 1. The van der Waals surface area contributed by atoms with Crippen LogP contribution in [-0.4, -0.2) is 49.9 Å². The highest BCUT2D eigenvalue weighted by Gasteiger charge is 2.39. The highest BCUT2D eigenvalue weighted by atomic mass is 35.5. The van der Waals surface area contributed by atoms with Gasteiger partial charge in [0.25, 0.3) is 10.0 Å². The van der Waals surface area contributed by atoms with Crippen LogP contribution in [0.25, 0.3) is 0 Å². The lowest BCUT2D eigenvalue weighted by Gasteiger charge is -2.23. The topological polar surface area (TPSA) is 82.6 Å². The largest absolute Gasteiger partial charge is 0.311 e. The van der Waals surface area contributed by atoms with Crippen LogP contribution < -0.4 is 9.62 Å². The Labute approximate surface area is 202 Å². The molecule has 172 valence electrons. The summed E-state index contributed by atoms with van der Waals surface area (Å²) in [6, 6.07) is 14.2. The van der Waals surface area contributed by atoms with Crippen LogP contribution in [0.5, 0.6) is 0 Å². The molecular formula is C23H23ClN4O3S2. The number of nitrogens with one attached hydrogen (secondary N) is 1. The van der Waals surface area contributed by atoms with E-state index in [-0.39, 0.29) is 16.8 Å². The fraction of sp³-hybridized carbons (Fsp3) is 0.304. The second-order valence-electron chi connectivity index (χ2n) is 8.27. The Balaban J connectivity index is 1.25. The van der Waals surface area contributed by atoms with Crippen molar-refractivity contribution in [2.24, 2.45) is 0 Å². The first-order valence-corrected chi connectivity index (χ1v) is 13.5. The molecule has 0 spiro atoms. The molecule has 0 radical (unpaired) electrons. The molecule has 2 aromatic carbocycles. The molecule has 7 nitrogen and oxygen atoms in total. The van der Waals surface area contributed by atoms with Gasteiger partial charge in [-0.15, -0.1) is 11.3 Å². The second-order valence-corrected chi connectivity index (χ2v) is 11.3. The Morgan fingerprint density at radius 2 is 1.91 bits per heavy atom. The van der Waals surface area contributed by atoms with E-state index in [4.69, 9.17) is 11.6 Å². The number of anilines is 2. The number of benzene rings is 2. The zero-order chi connectivity index (χ0) is 23.0. The molecule has 2 fully saturated rings. The number of thiazole rings is 1. The number of amides is 1. The Hall–Kier alpha value is -2.46. The van der Waals surface area contributed by atoms with E-state index >= 15 is 0 Å². The fourth-order valence-corrected chi connectivity index (χ4v) is 6.60. The molecular weight excluding hydrogens is 480 g/mol. The lowest BCUT2D eigenvalue weighted by Crippen LogP contribution is -2.40. The second kappa shape index (κ2) is 9.06. The predicted molar refractivity (Wildman–Crippen MR) is 131 cm³/mol. The van der Waals surface area contributed by atoms with Crippen molar-refractivity contribution in [2.75, 3.05) is 29.3 Å². The maximum absolute atomic E-state index is 13.2. The molecule has 3 aromatic rings. The van der Waals surface area contributed by atoms with Crippen LogP contribution in [-0.2, 0) is 14.8 Å². The minimum Gasteiger partial charge on any atom is -0.311 e. The maximum atomic E-state index is 13.2. The molecule has 2 unspecified atom stereocenters. The van der Waals surface area contributed by atoms with E-state index < -0.39 is 10.0 Å². The van der Waals surface area contributed by atoms with Gasteiger partial charge in [0.1, 0.15) is 0 Å². The third kappa shape index (κ3) is 4.63. The molecule has 33 heavy (non-hydrogen) atoms. The van der Waals surface area contributed by atoms with Crippen LogP contribution in [0.4, 0.5) is 10.8 Å². The lowest BCUT2D eigenvalue weighted by molar-refractivity contribution is -0.121. The van der Waals surface area contributed by atoms with Gasteiger partial charge in [0.15, 0.2) is 5.13 Å². The van der Waals surface area contributed by atoms with E-state index in [1.807, 2.05) is 18.2 Å². The molecule has 5 rings (SSSR count). The molecule has 1 aromatic heterocycles. The van der Waals surface area contributed by atoms with E-state index in [1.54, 1.807) is 28.6 Å². The first-order valence-electron chi connectivity index (χ1n) is 10.7. The minimum atomic E-state index is -3.72. The first kappa shape index (κ1) is 22.3. The first-order chi connectivity index (χ1) is 15.9. The van der Waals surface area contributed by atoms with E-state index in [0.717, 1.165) is 31.0 Å². The monoisotopic (exact) mass is 502 g/mol. The molecule has 3 heterocycles. The maximum Gasteiger partial charge on any atom is 0.263 e. The molecule has 2 saturated heterocycles. The van der Waals surface area contributed by atoms with Crippen molar-refractivity contribution in [2.45, 2.75) is 29.7 Å². The van der Waals surface area contributed by atoms with Crippen LogP contribution in [0.2, 0.25) is 5.02 Å². The van der Waals surface area contributed by atoms with Gasteiger partial charge in [-0.25, -0.2) is 13.4 Å². The number of carbonyl (C=O) groups excluding carboxylic acids is 1. The molecule has 2 atom stereocenters. The van der Waals surface area contributed by atoms with Crippen LogP contribution in [0.3, 0.4) is 0 Å². The zero-order valence-corrected chi connectivity index (χ0v) is 20.1. The molecule has 10 heteroatoms. The Kier molecular flexibility index (Phi) is 6.13. The van der Waals surface area contributed by atoms with Gasteiger partial charge in [-0.2, -0.15) is 0 Å². The van der Waals surface area contributed by atoms with Gasteiger partial charge in [0.2, 0.25) is 5.91 Å². The van der Waals surface area contributed by atoms with E-state index in [1.165, 1.54) is 29.0 Å². The number of carbonyl (C=O) groups is 1. The number of halogens is 1. The smallest absolute Gasteiger partial charge is 0.263 e. The molecule has 0 saturated carbocycles. The summed E-state index contributed by atoms with van der Waals surface area (Å²) in [7, 11) is -3.72. The van der Waals surface area contributed by atoms with Gasteiger partial charge >= 0.3 is 0 Å². The van der Waals surface area contributed by atoms with Gasteiger partial charge in [0.05, 0.1) is 10.9 Å². The quantitative estimate of drug-likeness (QED) is 0.546. The summed E-state index contributed by atoms with van der Waals surface area (Å²) < 4.78 is 27.6. The van der Waals surface area contributed by atoms with Gasteiger partial charge in [-0.3, -0.25) is 14.4 Å². The van der Waals surface area contributed by atoms with Gasteiger partial charge < -0.3 is 4.90 Å². The molecule has 0 bridgehead atoms. The predicted octanol–water partition coefficient (Wildman–Crippen LogP) is 4.19. The molecule has 2 aliphatic heterocycles. The van der Waals surface area contributed by atoms with Crippen molar-refractivity contribution < 1.29 is 13.2 Å². The van der Waals surface area contributed by atoms with Crippen molar-refractivity contribution in [1.82, 2.24) is 9.88 Å². The van der Waals surface area contributed by atoms with Crippen molar-refractivity contribution in [3.8, 4) is 0 Å². The standard InChI is InChI=1S/C23H23ClN4O3S2/c24-18-3-1-2-16(14-18)17-8-11-27(15-17)21-9-12-28(22(21)29)19-4-6-20(7-5-19)33(30,31)26-23-25-10-13-32-23/h1-7,10,13-14,17,21H,8-9,11-12,15H2,(H,25,26). The van der Waals surface area contributed by atoms with Crippen molar-refractivity contribution >= 4 is 49.7 Å². The van der Waals surface area contributed by atoms with E-state index in [9.17, 15) is 13.2 Å². The summed E-state index contributed by atoms with van der Waals surface area (Å²) in [5.74, 6) is 0.443. The normalized spacial score (nSPS) is 21.6. The summed E-state index contributed by atoms with van der Waals surface area (Å²) in [6.07, 6.45) is 3.30. The SMILES string of the molecule is O=C1C(N2CCC(c3cccc(Cl)c3)C2)CCN1c1ccc(S(=O)(=O)Nc2nccs2)cc1. The van der Waals surface area contributed by atoms with Crippen LogP contribution >= 0.6 is 22.9 Å². The third-order valence-corrected chi connectivity index (χ3v) is 8.68. The molecule has 0 aliphatic carbocycles. The number of nitrogens with zero attached hydrogens (tertiary/aromatic N) is 3. The van der Waals surface area contributed by atoms with E-state index in [2.05, 4.69) is 20.7 Å². The summed E-state index contributed by atoms with van der Waals surface area (Å²) in [5.41, 5.74) is 1.93. The highest BCUT2D eigenvalue weighted by molar-refractivity contribution is 7.93. The summed E-state index contributed by atoms with van der Waals surface area (Å²) in [5, 5.41) is 2.76. The average molecular weight is 503 g/mol. The number of hydrogen-bond donors (Lipinski definition) is 1. The Bertz CT molecular complexity index is 1250. The van der Waals surface area contributed by atoms with Crippen molar-refractivity contribution in [1.29, 1.82) is 0 Å². The number of rotatable bonds is 6. The fourth-order valence-electron chi connectivity index (χ4n) is 4.62. The summed E-state index contributed by atoms with van der Waals surface area (Å²) >= 11 is 7.37. The third-order valence-electron chi connectivity index (χ3n) is 6.27. The van der Waals surface area contributed by atoms with Gasteiger partial charge in [-0.1, -0.05) is 23.7 Å². The average Bonchev–Trinajstić information content (AvgIpc) is 3.55. The van der Waals surface area contributed by atoms with Gasteiger partial charge in [0, 0.05) is 35.4 Å². The summed E-state index contributed by atoms with van der Waals surface area (Å²) in [4.78, 5) is 21.3. The van der Waals surface area contributed by atoms with Crippen LogP contribution in [0.1, 0.15) is 24.3 Å².